The van der Waals surface area contributed by atoms with Gasteiger partial charge < -0.3 is 4.90 Å². The highest BCUT2D eigenvalue weighted by Crippen LogP contribution is 2.44. The second-order valence-corrected chi connectivity index (χ2v) is 12.9. The van der Waals surface area contributed by atoms with Crippen LogP contribution in [0.5, 0.6) is 0 Å². The van der Waals surface area contributed by atoms with Crippen LogP contribution in [-0.4, -0.2) is 44.2 Å². The van der Waals surface area contributed by atoms with Crippen molar-refractivity contribution in [2.45, 2.75) is 68.2 Å². The zero-order valence-corrected chi connectivity index (χ0v) is 20.5. The number of rotatable bonds is 6. The highest BCUT2D eigenvalue weighted by atomic mass is 32.2. The number of fused-ring (bicyclic) bond motifs is 1. The van der Waals surface area contributed by atoms with Crippen LogP contribution < -0.4 is 4.90 Å². The molecule has 1 atom stereocenters. The standard InChI is InChI=1S/C27H31F3N2O2S/c28-27(29,30)25-7-1-4-21(26(25)31-12-3-13-31)14-20-11-9-18-8-10-19(15-24(18)20)22-16-32(17-22)35(33,34)23-5-2-6-23/h1,4,7-8,10,15,20,22-23H,2-3,5-6,9,11-14,16-17H2. The lowest BCUT2D eigenvalue weighted by Crippen LogP contribution is -2.52. The third-order valence-electron chi connectivity index (χ3n) is 8.59. The summed E-state index contributed by atoms with van der Waals surface area (Å²) < 4.78 is 68.4. The molecular weight excluding hydrogens is 473 g/mol. The quantitative estimate of drug-likeness (QED) is 0.524. The zero-order valence-electron chi connectivity index (χ0n) is 19.7. The summed E-state index contributed by atoms with van der Waals surface area (Å²) in [6, 6.07) is 11.1. The maximum atomic E-state index is 13.8. The molecule has 0 N–H and O–H groups in total. The van der Waals surface area contributed by atoms with Crippen molar-refractivity contribution in [3.05, 3.63) is 64.2 Å². The second kappa shape index (κ2) is 8.51. The largest absolute Gasteiger partial charge is 0.418 e. The average Bonchev–Trinajstić information content (AvgIpc) is 3.06. The van der Waals surface area contributed by atoms with Gasteiger partial charge in [0.05, 0.1) is 16.5 Å². The van der Waals surface area contributed by atoms with E-state index < -0.39 is 21.8 Å². The Morgan fingerprint density at radius 1 is 0.971 bits per heavy atom. The highest BCUT2D eigenvalue weighted by molar-refractivity contribution is 7.89. The molecule has 2 aliphatic carbocycles. The van der Waals surface area contributed by atoms with Gasteiger partial charge in [-0.2, -0.15) is 13.2 Å². The van der Waals surface area contributed by atoms with Crippen molar-refractivity contribution in [1.82, 2.24) is 4.31 Å². The van der Waals surface area contributed by atoms with E-state index in [1.165, 1.54) is 17.2 Å². The fourth-order valence-corrected chi connectivity index (χ4v) is 8.20. The van der Waals surface area contributed by atoms with Gasteiger partial charge in [-0.25, -0.2) is 12.7 Å². The van der Waals surface area contributed by atoms with Crippen molar-refractivity contribution in [2.24, 2.45) is 0 Å². The molecule has 0 aromatic heterocycles. The molecule has 0 radical (unpaired) electrons. The van der Waals surface area contributed by atoms with Gasteiger partial charge in [-0.1, -0.05) is 36.8 Å². The van der Waals surface area contributed by atoms with Crippen LogP contribution in [0.15, 0.2) is 36.4 Å². The molecule has 2 aromatic rings. The first-order valence-electron chi connectivity index (χ1n) is 12.8. The molecule has 8 heteroatoms. The molecule has 2 aromatic carbocycles. The molecule has 2 heterocycles. The molecule has 0 amide bonds. The number of alkyl halides is 3. The van der Waals surface area contributed by atoms with Gasteiger partial charge in [0.15, 0.2) is 0 Å². The van der Waals surface area contributed by atoms with Crippen molar-refractivity contribution in [3.63, 3.8) is 0 Å². The average molecular weight is 505 g/mol. The predicted molar refractivity (Wildman–Crippen MR) is 130 cm³/mol. The molecule has 4 nitrogen and oxygen atoms in total. The molecule has 4 aliphatic rings. The van der Waals surface area contributed by atoms with Crippen LogP contribution in [-0.2, 0) is 29.0 Å². The fourth-order valence-electron chi connectivity index (χ4n) is 6.07. The number of hydrogen-bond acceptors (Lipinski definition) is 3. The van der Waals surface area contributed by atoms with E-state index in [9.17, 15) is 21.6 Å². The lowest BCUT2D eigenvalue weighted by Gasteiger charge is -2.42. The second-order valence-electron chi connectivity index (χ2n) is 10.7. The van der Waals surface area contributed by atoms with Crippen LogP contribution in [0.3, 0.4) is 0 Å². The molecule has 0 spiro atoms. The van der Waals surface area contributed by atoms with E-state index in [2.05, 4.69) is 18.2 Å². The van der Waals surface area contributed by atoms with Gasteiger partial charge in [-0.15, -0.1) is 0 Å². The van der Waals surface area contributed by atoms with Gasteiger partial charge in [0.2, 0.25) is 10.0 Å². The monoisotopic (exact) mass is 504 g/mol. The Morgan fingerprint density at radius 3 is 2.37 bits per heavy atom. The van der Waals surface area contributed by atoms with Crippen molar-refractivity contribution in [1.29, 1.82) is 0 Å². The van der Waals surface area contributed by atoms with Gasteiger partial charge in [-0.3, -0.25) is 0 Å². The molecule has 1 unspecified atom stereocenters. The number of anilines is 1. The SMILES string of the molecule is O=S(=O)(C1CCC1)N1CC(c2ccc3c(c2)C(Cc2cccc(C(F)(F)F)c2N2CCC2)CC3)C1. The lowest BCUT2D eigenvalue weighted by molar-refractivity contribution is -0.137. The summed E-state index contributed by atoms with van der Waals surface area (Å²) in [5, 5.41) is -0.194. The molecule has 6 rings (SSSR count). The first kappa shape index (κ1) is 23.3. The van der Waals surface area contributed by atoms with Crippen molar-refractivity contribution >= 4 is 15.7 Å². The molecule has 0 bridgehead atoms. The fraction of sp³-hybridized carbons (Fsp3) is 0.556. The Labute approximate surface area is 205 Å². The minimum Gasteiger partial charge on any atom is -0.371 e. The van der Waals surface area contributed by atoms with E-state index in [1.54, 1.807) is 10.4 Å². The first-order valence-corrected chi connectivity index (χ1v) is 14.3. The van der Waals surface area contributed by atoms with Gasteiger partial charge >= 0.3 is 6.18 Å². The van der Waals surface area contributed by atoms with Gasteiger partial charge in [0.25, 0.3) is 0 Å². The van der Waals surface area contributed by atoms with Crippen LogP contribution in [0, 0.1) is 0 Å². The Balaban J connectivity index is 1.22. The zero-order chi connectivity index (χ0) is 24.4. The summed E-state index contributed by atoms with van der Waals surface area (Å²) in [5.41, 5.74) is 4.28. The Kier molecular flexibility index (Phi) is 5.68. The maximum Gasteiger partial charge on any atom is 0.418 e. The third kappa shape index (κ3) is 4.06. The number of benzene rings is 2. The molecule has 35 heavy (non-hydrogen) atoms. The number of sulfonamides is 1. The smallest absolute Gasteiger partial charge is 0.371 e. The number of para-hydroxylation sites is 1. The molecule has 2 saturated heterocycles. The van der Waals surface area contributed by atoms with Crippen LogP contribution in [0.2, 0.25) is 0 Å². The Bertz CT molecular complexity index is 1230. The molecule has 3 fully saturated rings. The minimum absolute atomic E-state index is 0.184. The lowest BCUT2D eigenvalue weighted by atomic mass is 9.87. The molecule has 2 aliphatic heterocycles. The van der Waals surface area contributed by atoms with E-state index in [1.807, 2.05) is 11.0 Å². The van der Waals surface area contributed by atoms with E-state index in [0.717, 1.165) is 49.7 Å². The van der Waals surface area contributed by atoms with Crippen LogP contribution in [0.4, 0.5) is 18.9 Å². The van der Waals surface area contributed by atoms with Crippen LogP contribution in [0.1, 0.15) is 71.8 Å². The minimum atomic E-state index is -4.36. The van der Waals surface area contributed by atoms with Crippen molar-refractivity contribution in [2.75, 3.05) is 31.1 Å². The summed E-state index contributed by atoms with van der Waals surface area (Å²) in [7, 11) is -3.16. The first-order chi connectivity index (χ1) is 16.7. The number of nitrogens with zero attached hydrogens (tertiary/aromatic N) is 2. The molecule has 1 saturated carbocycles. The summed E-state index contributed by atoms with van der Waals surface area (Å²) in [4.78, 5) is 1.87. The number of aryl methyl sites for hydroxylation is 1. The van der Waals surface area contributed by atoms with Crippen molar-refractivity contribution < 1.29 is 21.6 Å². The Morgan fingerprint density at radius 2 is 1.74 bits per heavy atom. The van der Waals surface area contributed by atoms with E-state index >= 15 is 0 Å². The van der Waals surface area contributed by atoms with E-state index in [0.29, 0.717) is 38.3 Å². The summed E-state index contributed by atoms with van der Waals surface area (Å²) in [6.07, 6.45) is 1.58. The number of halogens is 3. The predicted octanol–water partition coefficient (Wildman–Crippen LogP) is 5.47. The summed E-state index contributed by atoms with van der Waals surface area (Å²) in [5.74, 6) is 0.380. The Hall–Kier alpha value is -2.06. The topological polar surface area (TPSA) is 40.6 Å². The van der Waals surface area contributed by atoms with Crippen LogP contribution in [0.25, 0.3) is 0 Å². The van der Waals surface area contributed by atoms with Gasteiger partial charge in [0, 0.05) is 32.1 Å². The van der Waals surface area contributed by atoms with E-state index in [-0.39, 0.29) is 17.1 Å². The molecular formula is C27H31F3N2O2S. The van der Waals surface area contributed by atoms with Crippen molar-refractivity contribution in [3.8, 4) is 0 Å². The summed E-state index contributed by atoms with van der Waals surface area (Å²) >= 11 is 0. The third-order valence-corrected chi connectivity index (χ3v) is 10.9. The van der Waals surface area contributed by atoms with Gasteiger partial charge in [0.1, 0.15) is 0 Å². The maximum absolute atomic E-state index is 13.8. The van der Waals surface area contributed by atoms with Crippen LogP contribution >= 0.6 is 0 Å². The molecule has 188 valence electrons. The normalized spacial score (nSPS) is 23.5. The highest BCUT2D eigenvalue weighted by Gasteiger charge is 2.43. The van der Waals surface area contributed by atoms with E-state index in [4.69, 9.17) is 0 Å². The number of hydrogen-bond donors (Lipinski definition) is 0. The van der Waals surface area contributed by atoms with Gasteiger partial charge in [-0.05, 0) is 72.8 Å². The summed E-state index contributed by atoms with van der Waals surface area (Å²) in [6.45, 7) is 2.42.